The molecule has 0 amide bonds. The number of rotatable bonds is 7. The van der Waals surface area contributed by atoms with Gasteiger partial charge in [0, 0.05) is 5.38 Å². The number of hydrogen-bond acceptors (Lipinski definition) is 4. The van der Waals surface area contributed by atoms with Gasteiger partial charge in [-0.05, 0) is 29.7 Å². The molecule has 3 rings (SSSR count). The standard InChI is InChI=1S/C20H16F3NO2S/c21-20(22,23)18-13-27-19(24-18)16(11-25)10-14-6-8-17(9-7-14)26-12-15-4-2-1-3-5-15/h1-9,11,13,16H,10,12H2. The summed E-state index contributed by atoms with van der Waals surface area (Å²) < 4.78 is 43.7. The van der Waals surface area contributed by atoms with Crippen LogP contribution in [-0.4, -0.2) is 11.3 Å². The molecule has 0 bridgehead atoms. The minimum Gasteiger partial charge on any atom is -0.489 e. The van der Waals surface area contributed by atoms with Crippen LogP contribution in [0.1, 0.15) is 27.7 Å². The van der Waals surface area contributed by atoms with Crippen molar-refractivity contribution in [2.75, 3.05) is 0 Å². The zero-order valence-corrected chi connectivity index (χ0v) is 15.0. The third-order valence-electron chi connectivity index (χ3n) is 3.92. The highest BCUT2D eigenvalue weighted by molar-refractivity contribution is 7.09. The molecule has 0 spiro atoms. The number of hydrogen-bond donors (Lipinski definition) is 0. The van der Waals surface area contributed by atoms with Crippen LogP contribution in [0.3, 0.4) is 0 Å². The Hall–Kier alpha value is -2.67. The predicted molar refractivity (Wildman–Crippen MR) is 96.8 cm³/mol. The molecule has 1 atom stereocenters. The molecular weight excluding hydrogens is 375 g/mol. The van der Waals surface area contributed by atoms with E-state index in [1.165, 1.54) is 0 Å². The number of alkyl halides is 3. The van der Waals surface area contributed by atoms with E-state index in [1.807, 2.05) is 30.3 Å². The molecule has 140 valence electrons. The van der Waals surface area contributed by atoms with Gasteiger partial charge in [0.05, 0.1) is 5.92 Å². The SMILES string of the molecule is O=CC(Cc1ccc(OCc2ccccc2)cc1)c1nc(C(F)(F)F)cs1. The van der Waals surface area contributed by atoms with E-state index in [2.05, 4.69) is 4.98 Å². The average Bonchev–Trinajstić information content (AvgIpc) is 3.17. The maximum atomic E-state index is 12.7. The van der Waals surface area contributed by atoms with Crippen molar-refractivity contribution < 1.29 is 22.7 Å². The summed E-state index contributed by atoms with van der Waals surface area (Å²) in [5.74, 6) is -0.0268. The Morgan fingerprint density at radius 2 is 1.74 bits per heavy atom. The Morgan fingerprint density at radius 3 is 2.33 bits per heavy atom. The second kappa shape index (κ2) is 8.35. The third-order valence-corrected chi connectivity index (χ3v) is 4.90. The van der Waals surface area contributed by atoms with Gasteiger partial charge in [-0.1, -0.05) is 42.5 Å². The minimum absolute atomic E-state index is 0.168. The molecule has 1 unspecified atom stereocenters. The summed E-state index contributed by atoms with van der Waals surface area (Å²) in [6.07, 6.45) is -3.58. The number of ether oxygens (including phenoxy) is 1. The summed E-state index contributed by atoms with van der Waals surface area (Å²) in [6.45, 7) is 0.441. The van der Waals surface area contributed by atoms with E-state index in [1.54, 1.807) is 24.3 Å². The molecule has 2 aromatic carbocycles. The number of nitrogens with zero attached hydrogens (tertiary/aromatic N) is 1. The van der Waals surface area contributed by atoms with E-state index in [0.717, 1.165) is 27.8 Å². The maximum absolute atomic E-state index is 12.7. The molecule has 0 aliphatic heterocycles. The summed E-state index contributed by atoms with van der Waals surface area (Å²) in [6, 6.07) is 16.9. The fourth-order valence-corrected chi connectivity index (χ4v) is 3.38. The molecule has 7 heteroatoms. The van der Waals surface area contributed by atoms with E-state index in [0.29, 0.717) is 18.6 Å². The van der Waals surface area contributed by atoms with Crippen molar-refractivity contribution in [1.29, 1.82) is 0 Å². The second-order valence-corrected chi connectivity index (χ2v) is 6.82. The third kappa shape index (κ3) is 5.17. The van der Waals surface area contributed by atoms with Crippen molar-refractivity contribution >= 4 is 17.6 Å². The van der Waals surface area contributed by atoms with Crippen LogP contribution in [0.15, 0.2) is 60.0 Å². The first-order chi connectivity index (χ1) is 13.0. The fourth-order valence-electron chi connectivity index (χ4n) is 2.50. The highest BCUT2D eigenvalue weighted by Crippen LogP contribution is 2.32. The molecule has 0 N–H and O–H groups in total. The predicted octanol–water partition coefficient (Wildman–Crippen LogP) is 5.27. The molecule has 1 heterocycles. The van der Waals surface area contributed by atoms with Crippen molar-refractivity contribution in [2.24, 2.45) is 0 Å². The molecule has 0 aliphatic carbocycles. The van der Waals surface area contributed by atoms with Crippen molar-refractivity contribution in [3.05, 3.63) is 81.8 Å². The molecule has 3 nitrogen and oxygen atoms in total. The smallest absolute Gasteiger partial charge is 0.434 e. The normalized spacial score (nSPS) is 12.6. The van der Waals surface area contributed by atoms with Gasteiger partial charge in [0.1, 0.15) is 23.7 Å². The summed E-state index contributed by atoms with van der Waals surface area (Å²) >= 11 is 0.850. The first kappa shape index (κ1) is 19.1. The van der Waals surface area contributed by atoms with Crippen LogP contribution in [0.4, 0.5) is 13.2 Å². The number of benzene rings is 2. The van der Waals surface area contributed by atoms with Crippen LogP contribution >= 0.6 is 11.3 Å². The topological polar surface area (TPSA) is 39.2 Å². The Balaban J connectivity index is 1.62. The zero-order valence-electron chi connectivity index (χ0n) is 14.1. The largest absolute Gasteiger partial charge is 0.489 e. The molecule has 0 fully saturated rings. The first-order valence-corrected chi connectivity index (χ1v) is 9.07. The zero-order chi connectivity index (χ0) is 19.3. The van der Waals surface area contributed by atoms with Crippen LogP contribution in [0.5, 0.6) is 5.75 Å². The monoisotopic (exact) mass is 391 g/mol. The molecule has 0 saturated heterocycles. The lowest BCUT2D eigenvalue weighted by molar-refractivity contribution is -0.140. The summed E-state index contributed by atoms with van der Waals surface area (Å²) in [7, 11) is 0. The van der Waals surface area contributed by atoms with Gasteiger partial charge in [0.25, 0.3) is 0 Å². The number of aromatic nitrogens is 1. The van der Waals surface area contributed by atoms with Crippen molar-refractivity contribution in [3.63, 3.8) is 0 Å². The fraction of sp³-hybridized carbons (Fsp3) is 0.200. The highest BCUT2D eigenvalue weighted by Gasteiger charge is 2.34. The van der Waals surface area contributed by atoms with Gasteiger partial charge in [-0.25, -0.2) is 4.98 Å². The van der Waals surface area contributed by atoms with Crippen LogP contribution in [0.25, 0.3) is 0 Å². The van der Waals surface area contributed by atoms with Gasteiger partial charge < -0.3 is 9.53 Å². The Bertz CT molecular complexity index is 876. The van der Waals surface area contributed by atoms with E-state index < -0.39 is 17.8 Å². The number of carbonyl (C=O) groups excluding carboxylic acids is 1. The molecule has 0 aliphatic rings. The maximum Gasteiger partial charge on any atom is 0.434 e. The van der Waals surface area contributed by atoms with Crippen molar-refractivity contribution in [1.82, 2.24) is 4.98 Å². The number of carbonyl (C=O) groups is 1. The Kier molecular flexibility index (Phi) is 5.91. The van der Waals surface area contributed by atoms with Gasteiger partial charge in [0.2, 0.25) is 0 Å². The molecular formula is C20H16F3NO2S. The Morgan fingerprint density at radius 1 is 1.04 bits per heavy atom. The van der Waals surface area contributed by atoms with Gasteiger partial charge in [-0.3, -0.25) is 0 Å². The number of aldehydes is 1. The van der Waals surface area contributed by atoms with Crippen LogP contribution in [0, 0.1) is 0 Å². The van der Waals surface area contributed by atoms with E-state index >= 15 is 0 Å². The Labute approximate surface area is 158 Å². The lowest BCUT2D eigenvalue weighted by atomic mass is 10.0. The van der Waals surface area contributed by atoms with Crippen LogP contribution in [0.2, 0.25) is 0 Å². The van der Waals surface area contributed by atoms with E-state index in [-0.39, 0.29) is 11.4 Å². The molecule has 27 heavy (non-hydrogen) atoms. The average molecular weight is 391 g/mol. The quantitative estimate of drug-likeness (QED) is 0.516. The minimum atomic E-state index is -4.50. The van der Waals surface area contributed by atoms with Crippen molar-refractivity contribution in [2.45, 2.75) is 25.1 Å². The van der Waals surface area contributed by atoms with Gasteiger partial charge in [-0.15, -0.1) is 11.3 Å². The van der Waals surface area contributed by atoms with Gasteiger partial charge in [0.15, 0.2) is 5.69 Å². The highest BCUT2D eigenvalue weighted by atomic mass is 32.1. The lowest BCUT2D eigenvalue weighted by Crippen LogP contribution is -2.08. The lowest BCUT2D eigenvalue weighted by Gasteiger charge is -2.10. The first-order valence-electron chi connectivity index (χ1n) is 8.19. The molecule has 3 aromatic rings. The number of halogens is 3. The van der Waals surface area contributed by atoms with Gasteiger partial charge in [-0.2, -0.15) is 13.2 Å². The molecule has 0 radical (unpaired) electrons. The second-order valence-electron chi connectivity index (χ2n) is 5.93. The summed E-state index contributed by atoms with van der Waals surface area (Å²) in [4.78, 5) is 14.9. The molecule has 0 saturated carbocycles. The summed E-state index contributed by atoms with van der Waals surface area (Å²) in [5, 5.41) is 1.11. The summed E-state index contributed by atoms with van der Waals surface area (Å²) in [5.41, 5.74) is 0.911. The van der Waals surface area contributed by atoms with Crippen molar-refractivity contribution in [3.8, 4) is 5.75 Å². The van der Waals surface area contributed by atoms with Crippen LogP contribution < -0.4 is 4.74 Å². The van der Waals surface area contributed by atoms with Crippen LogP contribution in [-0.2, 0) is 24.0 Å². The van der Waals surface area contributed by atoms with E-state index in [4.69, 9.17) is 4.74 Å². The van der Waals surface area contributed by atoms with E-state index in [9.17, 15) is 18.0 Å². The molecule has 1 aromatic heterocycles. The number of thiazole rings is 1. The van der Waals surface area contributed by atoms with Gasteiger partial charge >= 0.3 is 6.18 Å².